The molecule has 10 rings (SSSR count). The van der Waals surface area contributed by atoms with Gasteiger partial charge in [0.15, 0.2) is 0 Å². The molecule has 4 nitrogen and oxygen atoms in total. The third-order valence-electron chi connectivity index (χ3n) is 9.62. The molecule has 0 amide bonds. The molecular weight excluding hydrogens is 599 g/mol. The zero-order chi connectivity index (χ0) is 32.3. The number of pyridine rings is 1. The summed E-state index contributed by atoms with van der Waals surface area (Å²) >= 11 is 0. The average Bonchev–Trinajstić information content (AvgIpc) is 3.71. The number of rotatable bonds is 5. The Balaban J connectivity index is 1.20. The molecule has 0 fully saturated rings. The van der Waals surface area contributed by atoms with E-state index in [0.29, 0.717) is 0 Å². The van der Waals surface area contributed by atoms with E-state index in [9.17, 15) is 0 Å². The molecule has 230 valence electrons. The van der Waals surface area contributed by atoms with Crippen LogP contribution in [-0.4, -0.2) is 9.55 Å². The Kier molecular flexibility index (Phi) is 6.15. The molecule has 7 aromatic carbocycles. The van der Waals surface area contributed by atoms with E-state index in [-0.39, 0.29) is 0 Å². The van der Waals surface area contributed by atoms with Gasteiger partial charge in [-0.25, -0.2) is 4.98 Å². The number of hydrogen-bond acceptors (Lipinski definition) is 3. The van der Waals surface area contributed by atoms with Crippen LogP contribution in [0, 0.1) is 0 Å². The van der Waals surface area contributed by atoms with Gasteiger partial charge in [0.05, 0.1) is 11.0 Å². The maximum Gasteiger partial charge on any atom is 0.141 e. The zero-order valence-electron chi connectivity index (χ0n) is 26.5. The smallest absolute Gasteiger partial charge is 0.141 e. The highest BCUT2D eigenvalue weighted by Gasteiger charge is 2.20. The van der Waals surface area contributed by atoms with E-state index in [4.69, 9.17) is 9.40 Å². The van der Waals surface area contributed by atoms with Crippen molar-refractivity contribution in [3.63, 3.8) is 0 Å². The Hall–Kier alpha value is -6.65. The van der Waals surface area contributed by atoms with Crippen LogP contribution in [0.4, 0.5) is 17.2 Å². The third-order valence-corrected chi connectivity index (χ3v) is 9.62. The summed E-state index contributed by atoms with van der Waals surface area (Å²) in [5, 5.41) is 6.88. The monoisotopic (exact) mass is 627 g/mol. The second-order valence-corrected chi connectivity index (χ2v) is 12.4. The van der Waals surface area contributed by atoms with E-state index < -0.39 is 0 Å². The van der Waals surface area contributed by atoms with Crippen molar-refractivity contribution in [2.24, 2.45) is 0 Å². The Bertz CT molecular complexity index is 2820. The van der Waals surface area contributed by atoms with E-state index in [1.54, 1.807) is 0 Å². The quantitative estimate of drug-likeness (QED) is 0.190. The Labute approximate surface area is 282 Å². The van der Waals surface area contributed by atoms with E-state index in [0.717, 1.165) is 55.9 Å². The molecule has 0 radical (unpaired) electrons. The molecule has 0 aliphatic carbocycles. The maximum absolute atomic E-state index is 6.52. The summed E-state index contributed by atoms with van der Waals surface area (Å²) in [4.78, 5) is 7.36. The lowest BCUT2D eigenvalue weighted by Gasteiger charge is -2.25. The average molecular weight is 628 g/mol. The molecule has 0 N–H and O–H groups in total. The molecular formula is C45H29N3O. The number of para-hydroxylation sites is 2. The van der Waals surface area contributed by atoms with Gasteiger partial charge < -0.3 is 8.98 Å². The van der Waals surface area contributed by atoms with Crippen LogP contribution in [0.3, 0.4) is 0 Å². The van der Waals surface area contributed by atoms with Crippen LogP contribution < -0.4 is 4.90 Å². The molecule has 0 saturated carbocycles. The molecule has 0 aliphatic heterocycles. The number of aromatic nitrogens is 2. The highest BCUT2D eigenvalue weighted by atomic mass is 16.3. The molecule has 0 atom stereocenters. The Morgan fingerprint density at radius 1 is 0.469 bits per heavy atom. The van der Waals surface area contributed by atoms with E-state index >= 15 is 0 Å². The topological polar surface area (TPSA) is 34.2 Å². The Morgan fingerprint density at radius 2 is 1.14 bits per heavy atom. The zero-order valence-corrected chi connectivity index (χ0v) is 26.5. The molecule has 3 aromatic heterocycles. The van der Waals surface area contributed by atoms with Crippen molar-refractivity contribution in [2.75, 3.05) is 4.90 Å². The minimum atomic E-state index is 0.782. The predicted octanol–water partition coefficient (Wildman–Crippen LogP) is 12.4. The summed E-state index contributed by atoms with van der Waals surface area (Å²) in [5.41, 5.74) is 9.46. The molecule has 0 aliphatic rings. The first-order valence-electron chi connectivity index (χ1n) is 16.5. The van der Waals surface area contributed by atoms with Crippen LogP contribution in [0.15, 0.2) is 180 Å². The van der Waals surface area contributed by atoms with Crippen molar-refractivity contribution in [3.8, 4) is 16.8 Å². The lowest BCUT2D eigenvalue weighted by Crippen LogP contribution is -2.11. The van der Waals surface area contributed by atoms with Crippen molar-refractivity contribution < 1.29 is 4.42 Å². The first-order chi connectivity index (χ1) is 24.3. The van der Waals surface area contributed by atoms with Gasteiger partial charge in [-0.3, -0.25) is 4.90 Å². The van der Waals surface area contributed by atoms with Crippen LogP contribution in [-0.2, 0) is 0 Å². The maximum atomic E-state index is 6.52. The standard InChI is InChI=1S/C45H29N3O/c1-3-11-30(12-4-1)31-19-22-34(23-20-31)47(44-28-43-39(29-46-44)45-36-16-8-7-13-32(36)21-26-42(45)49-43)35-24-25-38-37-17-9-10-18-40(37)48(41(38)27-35)33-14-5-2-6-15-33/h1-29H. The summed E-state index contributed by atoms with van der Waals surface area (Å²) in [6, 6.07) is 59.8. The van der Waals surface area contributed by atoms with Crippen LogP contribution in [0.25, 0.3) is 71.3 Å². The van der Waals surface area contributed by atoms with E-state index in [1.165, 1.54) is 32.6 Å². The summed E-state index contributed by atoms with van der Waals surface area (Å²) in [6.07, 6.45) is 1.97. The van der Waals surface area contributed by atoms with Gasteiger partial charge in [0.25, 0.3) is 0 Å². The molecule has 0 spiro atoms. The molecule has 49 heavy (non-hydrogen) atoms. The minimum Gasteiger partial charge on any atom is -0.456 e. The fraction of sp³-hybridized carbons (Fsp3) is 0. The number of fused-ring (bicyclic) bond motifs is 8. The number of anilines is 3. The second-order valence-electron chi connectivity index (χ2n) is 12.4. The molecule has 10 aromatic rings. The van der Waals surface area contributed by atoms with Crippen LogP contribution in [0.2, 0.25) is 0 Å². The summed E-state index contributed by atoms with van der Waals surface area (Å²) in [6.45, 7) is 0. The van der Waals surface area contributed by atoms with Gasteiger partial charge in [-0.1, -0.05) is 115 Å². The van der Waals surface area contributed by atoms with Crippen molar-refractivity contribution in [3.05, 3.63) is 176 Å². The van der Waals surface area contributed by atoms with Gasteiger partial charge >= 0.3 is 0 Å². The minimum absolute atomic E-state index is 0.782. The molecule has 3 heterocycles. The highest BCUT2D eigenvalue weighted by molar-refractivity contribution is 6.19. The fourth-order valence-corrected chi connectivity index (χ4v) is 7.35. The number of furan rings is 1. The number of nitrogens with zero attached hydrogens (tertiary/aromatic N) is 3. The van der Waals surface area contributed by atoms with E-state index in [2.05, 4.69) is 173 Å². The van der Waals surface area contributed by atoms with Crippen LogP contribution in [0.5, 0.6) is 0 Å². The van der Waals surface area contributed by atoms with Gasteiger partial charge in [0.2, 0.25) is 0 Å². The van der Waals surface area contributed by atoms with Crippen molar-refractivity contribution in [2.45, 2.75) is 0 Å². The van der Waals surface area contributed by atoms with Gasteiger partial charge in [-0.05, 0) is 70.4 Å². The lowest BCUT2D eigenvalue weighted by atomic mass is 10.0. The van der Waals surface area contributed by atoms with Crippen molar-refractivity contribution >= 4 is 71.7 Å². The third kappa shape index (κ3) is 4.42. The van der Waals surface area contributed by atoms with Gasteiger partial charge in [0, 0.05) is 50.9 Å². The largest absolute Gasteiger partial charge is 0.456 e. The van der Waals surface area contributed by atoms with Gasteiger partial charge in [0.1, 0.15) is 17.0 Å². The molecule has 0 saturated heterocycles. The molecule has 4 heteroatoms. The van der Waals surface area contributed by atoms with Crippen LogP contribution >= 0.6 is 0 Å². The number of hydrogen-bond donors (Lipinski definition) is 0. The first-order valence-corrected chi connectivity index (χ1v) is 16.5. The summed E-state index contributed by atoms with van der Waals surface area (Å²) < 4.78 is 8.87. The van der Waals surface area contributed by atoms with Gasteiger partial charge in [-0.2, -0.15) is 0 Å². The molecule has 0 unspecified atom stereocenters. The van der Waals surface area contributed by atoms with Crippen molar-refractivity contribution in [1.82, 2.24) is 9.55 Å². The summed E-state index contributed by atoms with van der Waals surface area (Å²) in [5.74, 6) is 0.782. The first kappa shape index (κ1) is 27.5. The van der Waals surface area contributed by atoms with Crippen LogP contribution in [0.1, 0.15) is 0 Å². The number of benzene rings is 7. The predicted molar refractivity (Wildman–Crippen MR) is 203 cm³/mol. The lowest BCUT2D eigenvalue weighted by molar-refractivity contribution is 0.669. The second kappa shape index (κ2) is 11.0. The Morgan fingerprint density at radius 3 is 1.98 bits per heavy atom. The SMILES string of the molecule is c1ccc(-c2ccc(N(c3ccc4c5ccccc5n(-c5ccccc5)c4c3)c3cc4oc5ccc6ccccc6c5c4cn3)cc2)cc1. The fourth-order valence-electron chi connectivity index (χ4n) is 7.35. The van der Waals surface area contributed by atoms with Gasteiger partial charge in [-0.15, -0.1) is 0 Å². The van der Waals surface area contributed by atoms with E-state index in [1.807, 2.05) is 12.3 Å². The normalized spacial score (nSPS) is 11.7. The molecule has 0 bridgehead atoms. The summed E-state index contributed by atoms with van der Waals surface area (Å²) in [7, 11) is 0. The van der Waals surface area contributed by atoms with Crippen molar-refractivity contribution in [1.29, 1.82) is 0 Å². The highest BCUT2D eigenvalue weighted by Crippen LogP contribution is 2.42.